The summed E-state index contributed by atoms with van der Waals surface area (Å²) in [5.74, 6) is 1.08. The molecule has 0 saturated carbocycles. The number of aromatic nitrogens is 3. The molecule has 1 aliphatic heterocycles. The summed E-state index contributed by atoms with van der Waals surface area (Å²) >= 11 is 0. The lowest BCUT2D eigenvalue weighted by molar-refractivity contribution is -0.136. The third kappa shape index (κ3) is 4.66. The van der Waals surface area contributed by atoms with Gasteiger partial charge in [-0.3, -0.25) is 14.6 Å². The largest absolute Gasteiger partial charge is 0.481 e. The summed E-state index contributed by atoms with van der Waals surface area (Å²) in [6.07, 6.45) is 1.83. The SMILES string of the molecule is Cc1ccc(OC(C)C(=O)N2CCC(c3cc(=O)[nH]c(-c4ccccn4)n3)C2)cc1C. The lowest BCUT2D eigenvalue weighted by atomic mass is 10.0. The molecule has 0 aliphatic carbocycles. The minimum atomic E-state index is -0.586. The maximum absolute atomic E-state index is 12.9. The van der Waals surface area contributed by atoms with Gasteiger partial charge in [0.15, 0.2) is 11.9 Å². The number of amides is 1. The van der Waals surface area contributed by atoms with Crippen LogP contribution in [-0.2, 0) is 4.79 Å². The van der Waals surface area contributed by atoms with Crippen molar-refractivity contribution in [1.82, 2.24) is 19.9 Å². The number of nitrogens with one attached hydrogen (secondary N) is 1. The molecule has 1 N–H and O–H groups in total. The molecule has 1 amide bonds. The normalized spacial score (nSPS) is 16.9. The molecule has 7 nitrogen and oxygen atoms in total. The van der Waals surface area contributed by atoms with E-state index < -0.39 is 6.10 Å². The molecule has 1 aromatic carbocycles. The van der Waals surface area contributed by atoms with Gasteiger partial charge in [0.05, 0.1) is 5.69 Å². The third-order valence-corrected chi connectivity index (χ3v) is 5.73. The maximum atomic E-state index is 12.9. The molecule has 7 heteroatoms. The van der Waals surface area contributed by atoms with Crippen LogP contribution in [-0.4, -0.2) is 45.0 Å². The summed E-state index contributed by atoms with van der Waals surface area (Å²) in [5.41, 5.74) is 3.39. The van der Waals surface area contributed by atoms with Crippen LogP contribution in [0.4, 0.5) is 0 Å². The number of likely N-dealkylation sites (tertiary alicyclic amines) is 1. The van der Waals surface area contributed by atoms with Gasteiger partial charge in [-0.15, -0.1) is 0 Å². The zero-order chi connectivity index (χ0) is 22.0. The van der Waals surface area contributed by atoms with E-state index in [2.05, 4.69) is 15.0 Å². The molecule has 1 fully saturated rings. The number of carbonyl (C=O) groups excluding carboxylic acids is 1. The van der Waals surface area contributed by atoms with E-state index in [0.717, 1.165) is 12.0 Å². The predicted molar refractivity (Wildman–Crippen MR) is 118 cm³/mol. The van der Waals surface area contributed by atoms with Crippen LogP contribution in [0.5, 0.6) is 5.75 Å². The highest BCUT2D eigenvalue weighted by atomic mass is 16.5. The number of hydrogen-bond acceptors (Lipinski definition) is 5. The molecule has 3 aromatic rings. The zero-order valence-corrected chi connectivity index (χ0v) is 18.0. The molecule has 1 aliphatic rings. The summed E-state index contributed by atoms with van der Waals surface area (Å²) in [5, 5.41) is 0. The van der Waals surface area contributed by atoms with E-state index in [9.17, 15) is 9.59 Å². The van der Waals surface area contributed by atoms with E-state index >= 15 is 0 Å². The molecular formula is C24H26N4O3. The van der Waals surface area contributed by atoms with Crippen molar-refractivity contribution in [2.24, 2.45) is 0 Å². The first-order valence-electron chi connectivity index (χ1n) is 10.5. The average Bonchev–Trinajstić information content (AvgIpc) is 3.26. The van der Waals surface area contributed by atoms with Crippen molar-refractivity contribution < 1.29 is 9.53 Å². The fourth-order valence-electron chi connectivity index (χ4n) is 3.81. The summed E-state index contributed by atoms with van der Waals surface area (Å²) in [6, 6.07) is 12.8. The van der Waals surface area contributed by atoms with Crippen molar-refractivity contribution in [2.75, 3.05) is 13.1 Å². The first-order valence-corrected chi connectivity index (χ1v) is 10.5. The fraction of sp³-hybridized carbons (Fsp3) is 0.333. The molecule has 31 heavy (non-hydrogen) atoms. The number of pyridine rings is 1. The first-order chi connectivity index (χ1) is 14.9. The van der Waals surface area contributed by atoms with Gasteiger partial charge in [0.25, 0.3) is 11.5 Å². The number of nitrogens with zero attached hydrogens (tertiary/aromatic N) is 3. The topological polar surface area (TPSA) is 88.2 Å². The molecule has 2 aromatic heterocycles. The van der Waals surface area contributed by atoms with Crippen molar-refractivity contribution in [3.05, 3.63) is 75.8 Å². The van der Waals surface area contributed by atoms with E-state index in [1.807, 2.05) is 44.2 Å². The van der Waals surface area contributed by atoms with Gasteiger partial charge >= 0.3 is 0 Å². The summed E-state index contributed by atoms with van der Waals surface area (Å²) in [7, 11) is 0. The lowest BCUT2D eigenvalue weighted by Gasteiger charge is -2.22. The van der Waals surface area contributed by atoms with E-state index in [0.29, 0.717) is 36.1 Å². The number of benzene rings is 1. The van der Waals surface area contributed by atoms with Gasteiger partial charge in [0.2, 0.25) is 0 Å². The van der Waals surface area contributed by atoms with E-state index in [-0.39, 0.29) is 17.4 Å². The second-order valence-corrected chi connectivity index (χ2v) is 8.01. The number of aromatic amines is 1. The fourth-order valence-corrected chi connectivity index (χ4v) is 3.81. The van der Waals surface area contributed by atoms with Crippen molar-refractivity contribution in [2.45, 2.75) is 39.2 Å². The third-order valence-electron chi connectivity index (χ3n) is 5.73. The quantitative estimate of drug-likeness (QED) is 0.687. The van der Waals surface area contributed by atoms with Gasteiger partial charge in [-0.1, -0.05) is 12.1 Å². The monoisotopic (exact) mass is 418 g/mol. The van der Waals surface area contributed by atoms with Crippen LogP contribution in [0, 0.1) is 13.8 Å². The molecule has 160 valence electrons. The standard InChI is InChI=1S/C24H26N4O3/c1-15-7-8-19(12-16(15)2)31-17(3)24(30)28-11-9-18(14-28)21-13-22(29)27-23(26-21)20-6-4-5-10-25-20/h4-8,10,12-13,17-18H,9,11,14H2,1-3H3,(H,26,27,29). The lowest BCUT2D eigenvalue weighted by Crippen LogP contribution is -2.39. The smallest absolute Gasteiger partial charge is 0.263 e. The highest BCUT2D eigenvalue weighted by Gasteiger charge is 2.32. The molecule has 3 heterocycles. The van der Waals surface area contributed by atoms with Gasteiger partial charge in [-0.25, -0.2) is 4.98 Å². The van der Waals surface area contributed by atoms with Crippen molar-refractivity contribution in [1.29, 1.82) is 0 Å². The summed E-state index contributed by atoms with van der Waals surface area (Å²) in [4.78, 5) is 38.6. The van der Waals surface area contributed by atoms with Gasteiger partial charge in [0, 0.05) is 31.3 Å². The van der Waals surface area contributed by atoms with Crippen LogP contribution in [0.25, 0.3) is 11.5 Å². The Balaban J connectivity index is 1.45. The van der Waals surface area contributed by atoms with Crippen LogP contribution in [0.1, 0.15) is 36.1 Å². The highest BCUT2D eigenvalue weighted by Crippen LogP contribution is 2.27. The Kier molecular flexibility index (Phi) is 5.84. The minimum Gasteiger partial charge on any atom is -0.481 e. The first kappa shape index (κ1) is 20.8. The van der Waals surface area contributed by atoms with Gasteiger partial charge < -0.3 is 14.6 Å². The molecule has 1 saturated heterocycles. The van der Waals surface area contributed by atoms with Crippen LogP contribution < -0.4 is 10.3 Å². The molecule has 2 atom stereocenters. The molecule has 0 spiro atoms. The number of rotatable bonds is 5. The summed E-state index contributed by atoms with van der Waals surface area (Å²) < 4.78 is 5.89. The zero-order valence-electron chi connectivity index (χ0n) is 18.0. The van der Waals surface area contributed by atoms with Gasteiger partial charge in [-0.2, -0.15) is 0 Å². The molecule has 0 radical (unpaired) electrons. The van der Waals surface area contributed by atoms with Gasteiger partial charge in [-0.05, 0) is 62.6 Å². The Morgan fingerprint density at radius 1 is 1.19 bits per heavy atom. The number of H-pyrrole nitrogens is 1. The Hall–Kier alpha value is -3.48. The van der Waals surface area contributed by atoms with Crippen LogP contribution in [0.2, 0.25) is 0 Å². The van der Waals surface area contributed by atoms with E-state index in [4.69, 9.17) is 4.74 Å². The Morgan fingerprint density at radius 3 is 2.77 bits per heavy atom. The van der Waals surface area contributed by atoms with Crippen molar-refractivity contribution >= 4 is 5.91 Å². The van der Waals surface area contributed by atoms with Gasteiger partial charge in [0.1, 0.15) is 11.4 Å². The van der Waals surface area contributed by atoms with Crippen LogP contribution in [0.3, 0.4) is 0 Å². The van der Waals surface area contributed by atoms with Crippen LogP contribution in [0.15, 0.2) is 53.5 Å². The number of hydrogen-bond donors (Lipinski definition) is 1. The molecule has 0 bridgehead atoms. The highest BCUT2D eigenvalue weighted by molar-refractivity contribution is 5.81. The maximum Gasteiger partial charge on any atom is 0.263 e. The predicted octanol–water partition coefficient (Wildman–Crippen LogP) is 3.23. The van der Waals surface area contributed by atoms with E-state index in [1.165, 1.54) is 11.6 Å². The molecule has 2 unspecified atom stereocenters. The second kappa shape index (κ2) is 8.71. The van der Waals surface area contributed by atoms with Crippen molar-refractivity contribution in [3.8, 4) is 17.3 Å². The molecule has 4 rings (SSSR count). The Labute approximate surface area is 181 Å². The Morgan fingerprint density at radius 2 is 2.03 bits per heavy atom. The second-order valence-electron chi connectivity index (χ2n) is 8.01. The molecular weight excluding hydrogens is 392 g/mol. The summed E-state index contributed by atoms with van der Waals surface area (Å²) in [6.45, 7) is 6.96. The average molecular weight is 418 g/mol. The Bertz CT molecular complexity index is 1140. The number of ether oxygens (including phenoxy) is 1. The van der Waals surface area contributed by atoms with Crippen molar-refractivity contribution in [3.63, 3.8) is 0 Å². The van der Waals surface area contributed by atoms with Crippen LogP contribution >= 0.6 is 0 Å². The number of carbonyl (C=O) groups is 1. The minimum absolute atomic E-state index is 0.00234. The number of aryl methyl sites for hydroxylation is 2. The van der Waals surface area contributed by atoms with E-state index in [1.54, 1.807) is 24.1 Å².